The van der Waals surface area contributed by atoms with E-state index in [1.54, 1.807) is 18.4 Å². The Morgan fingerprint density at radius 1 is 1.09 bits per heavy atom. The Morgan fingerprint density at radius 3 is 2.45 bits per heavy atom. The number of aliphatic hydroxyl groups is 1. The SMILES string of the molecule is CC(C)(C[C@@](O)(CNC(=O)[C@H]1C=CC2=COCC2C1=O)Cc1ccccc1)c1ccccc1. The molecular weight excluding hydrogens is 414 g/mol. The summed E-state index contributed by atoms with van der Waals surface area (Å²) < 4.78 is 5.26. The second-order valence-corrected chi connectivity index (χ2v) is 9.77. The summed E-state index contributed by atoms with van der Waals surface area (Å²) in [5.74, 6) is -1.79. The molecule has 0 saturated heterocycles. The van der Waals surface area contributed by atoms with Crippen molar-refractivity contribution in [2.24, 2.45) is 11.8 Å². The van der Waals surface area contributed by atoms with Gasteiger partial charge in [0.05, 0.1) is 17.8 Å². The fraction of sp³-hybridized carbons (Fsp3) is 0.357. The molecule has 172 valence electrons. The lowest BCUT2D eigenvalue weighted by Crippen LogP contribution is -2.50. The van der Waals surface area contributed by atoms with Gasteiger partial charge in [-0.3, -0.25) is 9.59 Å². The quantitative estimate of drug-likeness (QED) is 0.607. The van der Waals surface area contributed by atoms with E-state index in [2.05, 4.69) is 31.3 Å². The predicted octanol–water partition coefficient (Wildman–Crippen LogP) is 3.73. The van der Waals surface area contributed by atoms with Gasteiger partial charge in [-0.15, -0.1) is 0 Å². The molecule has 0 saturated carbocycles. The molecule has 0 bridgehead atoms. The highest BCUT2D eigenvalue weighted by atomic mass is 16.5. The first-order valence-electron chi connectivity index (χ1n) is 11.4. The molecule has 2 aromatic rings. The third kappa shape index (κ3) is 5.25. The van der Waals surface area contributed by atoms with Crippen molar-refractivity contribution < 1.29 is 19.4 Å². The van der Waals surface area contributed by atoms with Crippen LogP contribution in [-0.4, -0.2) is 35.5 Å². The maximum atomic E-state index is 13.0. The number of hydrogen-bond donors (Lipinski definition) is 2. The molecule has 0 spiro atoms. The Labute approximate surface area is 195 Å². The van der Waals surface area contributed by atoms with Crippen LogP contribution in [0, 0.1) is 11.8 Å². The van der Waals surface area contributed by atoms with E-state index in [-0.39, 0.29) is 36.2 Å². The number of carbonyl (C=O) groups is 2. The summed E-state index contributed by atoms with van der Waals surface area (Å²) in [6, 6.07) is 19.8. The number of hydrogen-bond acceptors (Lipinski definition) is 4. The number of ketones is 1. The summed E-state index contributed by atoms with van der Waals surface area (Å²) in [6.45, 7) is 4.53. The average molecular weight is 446 g/mol. The van der Waals surface area contributed by atoms with Crippen molar-refractivity contribution in [3.05, 3.63) is 95.8 Å². The molecule has 3 atom stereocenters. The van der Waals surface area contributed by atoms with Gasteiger partial charge in [-0.2, -0.15) is 0 Å². The highest BCUT2D eigenvalue weighted by molar-refractivity contribution is 6.06. The zero-order chi connectivity index (χ0) is 23.5. The normalized spacial score (nSPS) is 21.5. The molecule has 0 fully saturated rings. The zero-order valence-electron chi connectivity index (χ0n) is 19.2. The van der Waals surface area contributed by atoms with Crippen molar-refractivity contribution in [1.29, 1.82) is 0 Å². The smallest absolute Gasteiger partial charge is 0.234 e. The lowest BCUT2D eigenvalue weighted by atomic mass is 9.73. The molecule has 2 aromatic carbocycles. The topological polar surface area (TPSA) is 75.6 Å². The molecule has 2 aliphatic rings. The standard InChI is InChI=1S/C28H31NO4/c1-27(2,22-11-7-4-8-12-22)18-28(32,15-20-9-5-3-6-10-20)19-29-26(31)23-14-13-21-16-33-17-24(21)25(23)30/h3-14,16,23-24,32H,15,17-19H2,1-2H3,(H,29,31)/t23-,24?,28+/m0/s1. The van der Waals surface area contributed by atoms with E-state index in [4.69, 9.17) is 4.74 Å². The van der Waals surface area contributed by atoms with Crippen LogP contribution < -0.4 is 5.32 Å². The van der Waals surface area contributed by atoms with E-state index >= 15 is 0 Å². The van der Waals surface area contributed by atoms with Gasteiger partial charge in [-0.05, 0) is 23.0 Å². The van der Waals surface area contributed by atoms with Crippen LogP contribution in [-0.2, 0) is 26.2 Å². The number of nitrogens with one attached hydrogen (secondary N) is 1. The van der Waals surface area contributed by atoms with Gasteiger partial charge in [-0.25, -0.2) is 0 Å². The van der Waals surface area contributed by atoms with Crippen LogP contribution in [0.25, 0.3) is 0 Å². The van der Waals surface area contributed by atoms with E-state index in [0.717, 1.165) is 16.7 Å². The summed E-state index contributed by atoms with van der Waals surface area (Å²) in [5, 5.41) is 14.7. The summed E-state index contributed by atoms with van der Waals surface area (Å²) in [6.07, 6.45) is 5.83. The highest BCUT2D eigenvalue weighted by Crippen LogP contribution is 2.34. The van der Waals surface area contributed by atoms with Gasteiger partial charge in [0.25, 0.3) is 0 Å². The van der Waals surface area contributed by atoms with Crippen molar-refractivity contribution in [1.82, 2.24) is 5.32 Å². The number of ether oxygens (including phenoxy) is 1. The largest absolute Gasteiger partial charge is 0.500 e. The Morgan fingerprint density at radius 2 is 1.76 bits per heavy atom. The summed E-state index contributed by atoms with van der Waals surface area (Å²) in [4.78, 5) is 25.8. The molecule has 5 heteroatoms. The predicted molar refractivity (Wildman–Crippen MR) is 127 cm³/mol. The second kappa shape index (κ2) is 9.36. The average Bonchev–Trinajstić information content (AvgIpc) is 3.29. The number of Topliss-reactive ketones (excluding diaryl/α,β-unsaturated/α-hetero) is 1. The van der Waals surface area contributed by atoms with Crippen molar-refractivity contribution in [3.63, 3.8) is 0 Å². The third-order valence-electron chi connectivity index (χ3n) is 6.59. The van der Waals surface area contributed by atoms with Gasteiger partial charge in [0.1, 0.15) is 12.5 Å². The van der Waals surface area contributed by atoms with E-state index in [1.165, 1.54) is 0 Å². The van der Waals surface area contributed by atoms with Gasteiger partial charge >= 0.3 is 0 Å². The molecule has 1 aliphatic heterocycles. The fourth-order valence-electron chi connectivity index (χ4n) is 4.90. The molecule has 33 heavy (non-hydrogen) atoms. The molecule has 1 heterocycles. The van der Waals surface area contributed by atoms with E-state index in [9.17, 15) is 14.7 Å². The van der Waals surface area contributed by atoms with Gasteiger partial charge in [-0.1, -0.05) is 86.7 Å². The van der Waals surface area contributed by atoms with Crippen molar-refractivity contribution >= 4 is 11.7 Å². The summed E-state index contributed by atoms with van der Waals surface area (Å²) >= 11 is 0. The first-order valence-corrected chi connectivity index (χ1v) is 11.4. The molecule has 1 amide bonds. The van der Waals surface area contributed by atoms with Gasteiger partial charge in [0.15, 0.2) is 5.78 Å². The first-order chi connectivity index (χ1) is 15.8. The van der Waals surface area contributed by atoms with Crippen LogP contribution in [0.3, 0.4) is 0 Å². The monoisotopic (exact) mass is 445 g/mol. The third-order valence-corrected chi connectivity index (χ3v) is 6.59. The molecule has 0 aromatic heterocycles. The van der Waals surface area contributed by atoms with E-state index in [1.807, 2.05) is 48.5 Å². The fourth-order valence-corrected chi connectivity index (χ4v) is 4.90. The molecule has 0 radical (unpaired) electrons. The lowest BCUT2D eigenvalue weighted by Gasteiger charge is -2.37. The lowest BCUT2D eigenvalue weighted by molar-refractivity contribution is -0.134. The summed E-state index contributed by atoms with van der Waals surface area (Å²) in [7, 11) is 0. The molecule has 1 aliphatic carbocycles. The Hall–Kier alpha value is -3.18. The van der Waals surface area contributed by atoms with Gasteiger partial charge in [0.2, 0.25) is 5.91 Å². The highest BCUT2D eigenvalue weighted by Gasteiger charge is 2.40. The van der Waals surface area contributed by atoms with Crippen LogP contribution in [0.1, 0.15) is 31.4 Å². The number of amides is 1. The molecular formula is C28H31NO4. The van der Waals surface area contributed by atoms with Crippen molar-refractivity contribution in [2.75, 3.05) is 13.2 Å². The maximum Gasteiger partial charge on any atom is 0.234 e. The zero-order valence-corrected chi connectivity index (χ0v) is 19.2. The Kier molecular flexibility index (Phi) is 6.52. The van der Waals surface area contributed by atoms with Crippen LogP contribution in [0.15, 0.2) is 84.7 Å². The minimum absolute atomic E-state index is 0.0540. The van der Waals surface area contributed by atoms with Gasteiger partial charge in [0, 0.05) is 18.5 Å². The minimum Gasteiger partial charge on any atom is -0.500 e. The Balaban J connectivity index is 1.51. The van der Waals surface area contributed by atoms with Gasteiger partial charge < -0.3 is 15.2 Å². The van der Waals surface area contributed by atoms with Crippen LogP contribution in [0.4, 0.5) is 0 Å². The summed E-state index contributed by atoms with van der Waals surface area (Å²) in [5.41, 5.74) is 1.41. The number of allylic oxidation sites excluding steroid dienone is 1. The van der Waals surface area contributed by atoms with Crippen molar-refractivity contribution in [2.45, 2.75) is 37.7 Å². The van der Waals surface area contributed by atoms with E-state index < -0.39 is 11.5 Å². The van der Waals surface area contributed by atoms with Crippen LogP contribution in [0.2, 0.25) is 0 Å². The minimum atomic E-state index is -1.20. The van der Waals surface area contributed by atoms with Crippen molar-refractivity contribution in [3.8, 4) is 0 Å². The Bertz CT molecular complexity index is 1060. The molecule has 5 nitrogen and oxygen atoms in total. The first kappa shape index (κ1) is 23.0. The van der Waals surface area contributed by atoms with Crippen LogP contribution in [0.5, 0.6) is 0 Å². The number of fused-ring (bicyclic) bond motifs is 1. The number of carbonyl (C=O) groups excluding carboxylic acids is 2. The second-order valence-electron chi connectivity index (χ2n) is 9.77. The number of benzene rings is 2. The molecule has 1 unspecified atom stereocenters. The maximum absolute atomic E-state index is 13.0. The molecule has 4 rings (SSSR count). The van der Waals surface area contributed by atoms with Crippen LogP contribution >= 0.6 is 0 Å². The van der Waals surface area contributed by atoms with E-state index in [0.29, 0.717) is 12.8 Å². The number of rotatable bonds is 8. The molecule has 2 N–H and O–H groups in total.